The molecule has 0 amide bonds. The van der Waals surface area contributed by atoms with Crippen LogP contribution in [-0.4, -0.2) is 15.0 Å². The molecule has 0 saturated carbocycles. The van der Waals surface area contributed by atoms with E-state index in [9.17, 15) is 0 Å². The molecule has 18 aromatic rings. The maximum Gasteiger partial charge on any atom is 0.0708 e. The van der Waals surface area contributed by atoms with Crippen molar-refractivity contribution >= 4 is 32.3 Å². The van der Waals surface area contributed by atoms with Crippen molar-refractivity contribution in [1.29, 1.82) is 0 Å². The quantitative estimate of drug-likeness (QED) is 0.130. The first-order valence-corrected chi connectivity index (χ1v) is 35.1. The zero-order valence-corrected chi connectivity index (χ0v) is 55.4. The van der Waals surface area contributed by atoms with Crippen molar-refractivity contribution in [3.05, 3.63) is 358 Å². The van der Waals surface area contributed by atoms with E-state index in [2.05, 4.69) is 334 Å². The minimum absolute atomic E-state index is 0.932. The normalized spacial score (nSPS) is 11.9. The smallest absolute Gasteiger partial charge is 0.0708 e. The number of rotatable bonds is 11. The molecule has 0 atom stereocenters. The fraction of sp³-hybridized carbons (Fsp3) is 0. The summed E-state index contributed by atoms with van der Waals surface area (Å²) in [6.07, 6.45) is 5.97. The Morgan fingerprint density at radius 2 is 0.451 bits per heavy atom. The molecule has 0 saturated heterocycles. The molecule has 15 aromatic carbocycles. The van der Waals surface area contributed by atoms with Crippen LogP contribution < -0.4 is 0 Å². The molecule has 3 aliphatic carbocycles. The van der Waals surface area contributed by atoms with Crippen LogP contribution in [0.4, 0.5) is 0 Å². The summed E-state index contributed by atoms with van der Waals surface area (Å²) in [4.78, 5) is 15.0. The maximum absolute atomic E-state index is 5.17. The molecular formula is C99H59N3. The standard InChI is InChI=1S/C99H59N3/c1-4-16-60(17-5-1)71-34-39-95(102-58-71)81-50-74(48-77(51-81)80-44-69-24-13-29-86-82-27-10-11-28-83(82)91(55-80)97(69)86)66-33-37-85-90(53-66)88-31-15-26-70-45-79(56-93(85)99(70)88)76-47-73(46-75(49-76)72-35-38-94(101-59-72)61-18-6-2-7-19-61)65-32-36-84-89(52-65)87-30-14-25-68-43-78(54-92(84)98(68)87)64-23-12-22-63(42-64)67-40-41-100-96(57-67)62-20-8-3-9-21-62/h1-59H. The molecule has 3 aromatic heterocycles. The van der Waals surface area contributed by atoms with Crippen LogP contribution in [0.25, 0.3) is 222 Å². The van der Waals surface area contributed by atoms with Crippen LogP contribution in [0.5, 0.6) is 0 Å². The largest absolute Gasteiger partial charge is 0.256 e. The van der Waals surface area contributed by atoms with E-state index in [1.54, 1.807) is 0 Å². The van der Waals surface area contributed by atoms with E-state index in [1.807, 2.05) is 24.7 Å². The second-order valence-electron chi connectivity index (χ2n) is 27.4. The van der Waals surface area contributed by atoms with Gasteiger partial charge < -0.3 is 0 Å². The zero-order chi connectivity index (χ0) is 66.9. The highest BCUT2D eigenvalue weighted by Gasteiger charge is 2.28. The Labute approximate surface area is 591 Å². The fourth-order valence-electron chi connectivity index (χ4n) is 16.6. The van der Waals surface area contributed by atoms with Gasteiger partial charge in [0.1, 0.15) is 0 Å². The molecule has 0 N–H and O–H groups in total. The zero-order valence-electron chi connectivity index (χ0n) is 55.4. The lowest BCUT2D eigenvalue weighted by molar-refractivity contribution is 1.32. The Morgan fingerprint density at radius 1 is 0.137 bits per heavy atom. The van der Waals surface area contributed by atoms with E-state index < -0.39 is 0 Å². The summed E-state index contributed by atoms with van der Waals surface area (Å²) in [5, 5.41) is 7.60. The minimum atomic E-state index is 0.932. The number of pyridine rings is 3. The molecule has 3 nitrogen and oxygen atoms in total. The lowest BCUT2D eigenvalue weighted by atomic mass is 9.90. The number of benzene rings is 15. The van der Waals surface area contributed by atoms with Gasteiger partial charge in [-0.05, 0) is 292 Å². The predicted octanol–water partition coefficient (Wildman–Crippen LogP) is 26.6. The van der Waals surface area contributed by atoms with E-state index in [0.29, 0.717) is 0 Å². The third-order valence-corrected chi connectivity index (χ3v) is 21.5. The Morgan fingerprint density at radius 3 is 0.961 bits per heavy atom. The molecule has 3 heterocycles. The summed E-state index contributed by atoms with van der Waals surface area (Å²) in [7, 11) is 0. The molecule has 0 spiro atoms. The van der Waals surface area contributed by atoms with Crippen molar-refractivity contribution < 1.29 is 0 Å². The van der Waals surface area contributed by atoms with Crippen LogP contribution in [0.1, 0.15) is 0 Å². The average molecular weight is 1290 g/mol. The molecule has 3 aliphatic rings. The Bertz CT molecular complexity index is 6510. The summed E-state index contributed by atoms with van der Waals surface area (Å²) in [5.74, 6) is 0. The van der Waals surface area contributed by atoms with Gasteiger partial charge in [0.25, 0.3) is 0 Å². The van der Waals surface area contributed by atoms with Gasteiger partial charge >= 0.3 is 0 Å². The molecule has 0 radical (unpaired) electrons. The van der Waals surface area contributed by atoms with Crippen LogP contribution >= 0.6 is 0 Å². The number of hydrogen-bond acceptors (Lipinski definition) is 3. The third kappa shape index (κ3) is 9.54. The molecule has 470 valence electrons. The van der Waals surface area contributed by atoms with Crippen molar-refractivity contribution in [2.45, 2.75) is 0 Å². The van der Waals surface area contributed by atoms with Crippen LogP contribution in [0.15, 0.2) is 358 Å². The molecule has 21 rings (SSSR count). The summed E-state index contributed by atoms with van der Waals surface area (Å²) in [6, 6.07) is 125. The highest BCUT2D eigenvalue weighted by atomic mass is 14.7. The first-order chi connectivity index (χ1) is 50.5. The first-order valence-electron chi connectivity index (χ1n) is 35.1. The van der Waals surface area contributed by atoms with Gasteiger partial charge in [-0.15, -0.1) is 0 Å². The van der Waals surface area contributed by atoms with Gasteiger partial charge in [-0.3, -0.25) is 15.0 Å². The number of fused-ring (bicyclic) bond motifs is 9. The molecule has 3 heteroatoms. The van der Waals surface area contributed by atoms with E-state index in [1.165, 1.54) is 116 Å². The first kappa shape index (κ1) is 57.6. The van der Waals surface area contributed by atoms with Gasteiger partial charge in [0, 0.05) is 46.4 Å². The maximum atomic E-state index is 5.17. The van der Waals surface area contributed by atoms with Gasteiger partial charge in [0.05, 0.1) is 17.1 Å². The molecule has 0 aliphatic heterocycles. The van der Waals surface area contributed by atoms with Gasteiger partial charge in [0.2, 0.25) is 0 Å². The topological polar surface area (TPSA) is 38.7 Å². The van der Waals surface area contributed by atoms with Gasteiger partial charge in [-0.2, -0.15) is 0 Å². The molecule has 0 bridgehead atoms. The van der Waals surface area contributed by atoms with Crippen molar-refractivity contribution in [2.75, 3.05) is 0 Å². The summed E-state index contributed by atoms with van der Waals surface area (Å²) in [5.41, 5.74) is 39.6. The lowest BCUT2D eigenvalue weighted by Crippen LogP contribution is -1.90. The lowest BCUT2D eigenvalue weighted by Gasteiger charge is -2.15. The molecule has 0 unspecified atom stereocenters. The summed E-state index contributed by atoms with van der Waals surface area (Å²) >= 11 is 0. The SMILES string of the molecule is c1ccc(-c2ccc(-c3cc(-c4ccc5c(c4)-c4cccc6cc(-c7cc(-c8ccc(-c9ccccc9)nc8)cc(-c8ccc9c(c8)-c8cccc%10cc(-c%11cccc(-c%12ccnc(-c%13ccccc%13)c%12)c%11)cc-9c8%10)c7)cc-5c46)cc(-c4cc5c6c(cccc6c4)-c4ccccc4-5)c3)nc2)cc1. The number of aromatic nitrogens is 3. The predicted molar refractivity (Wildman–Crippen MR) is 425 cm³/mol. The van der Waals surface area contributed by atoms with Crippen molar-refractivity contribution in [2.24, 2.45) is 0 Å². The number of nitrogens with zero attached hydrogens (tertiary/aromatic N) is 3. The van der Waals surface area contributed by atoms with E-state index in [0.717, 1.165) is 106 Å². The second kappa shape index (κ2) is 23.1. The molecule has 102 heavy (non-hydrogen) atoms. The number of hydrogen-bond donors (Lipinski definition) is 0. The Hall–Kier alpha value is -13.5. The van der Waals surface area contributed by atoms with Crippen molar-refractivity contribution in [3.8, 4) is 190 Å². The van der Waals surface area contributed by atoms with Gasteiger partial charge in [-0.25, -0.2) is 0 Å². The van der Waals surface area contributed by atoms with Gasteiger partial charge in [-0.1, -0.05) is 224 Å². The van der Waals surface area contributed by atoms with E-state index in [4.69, 9.17) is 15.0 Å². The average Bonchev–Trinajstić information content (AvgIpc) is 1.57. The highest BCUT2D eigenvalue weighted by molar-refractivity contribution is 6.20. The van der Waals surface area contributed by atoms with Crippen LogP contribution in [0.2, 0.25) is 0 Å². The summed E-state index contributed by atoms with van der Waals surface area (Å²) < 4.78 is 0. The summed E-state index contributed by atoms with van der Waals surface area (Å²) in [6.45, 7) is 0. The Balaban J connectivity index is 0.667. The van der Waals surface area contributed by atoms with E-state index in [-0.39, 0.29) is 0 Å². The second-order valence-corrected chi connectivity index (χ2v) is 27.4. The molecular weight excluding hydrogens is 1230 g/mol. The monoisotopic (exact) mass is 1290 g/mol. The van der Waals surface area contributed by atoms with E-state index >= 15 is 0 Å². The molecule has 0 fully saturated rings. The van der Waals surface area contributed by atoms with Crippen LogP contribution in [0.3, 0.4) is 0 Å². The Kier molecular flexibility index (Phi) is 13.0. The van der Waals surface area contributed by atoms with Gasteiger partial charge in [0.15, 0.2) is 0 Å². The van der Waals surface area contributed by atoms with Crippen molar-refractivity contribution in [1.82, 2.24) is 15.0 Å². The highest BCUT2D eigenvalue weighted by Crippen LogP contribution is 2.54. The fourth-order valence-corrected chi connectivity index (χ4v) is 16.6. The van der Waals surface area contributed by atoms with Crippen LogP contribution in [0, 0.1) is 0 Å². The third-order valence-electron chi connectivity index (χ3n) is 21.5. The van der Waals surface area contributed by atoms with Crippen molar-refractivity contribution in [3.63, 3.8) is 0 Å². The van der Waals surface area contributed by atoms with Crippen LogP contribution in [-0.2, 0) is 0 Å². The minimum Gasteiger partial charge on any atom is -0.256 e.